The van der Waals surface area contributed by atoms with Gasteiger partial charge in [0.15, 0.2) is 6.04 Å². The first-order valence-corrected chi connectivity index (χ1v) is 13.4. The molecule has 200 valence electrons. The van der Waals surface area contributed by atoms with Gasteiger partial charge in [-0.1, -0.05) is 83.9 Å². The highest BCUT2D eigenvalue weighted by atomic mass is 35.5. The quantitative estimate of drug-likeness (QED) is 0.441. The summed E-state index contributed by atoms with van der Waals surface area (Å²) >= 11 is 0. The Morgan fingerprint density at radius 3 is 1.74 bits per heavy atom. The van der Waals surface area contributed by atoms with Crippen LogP contribution in [-0.2, 0) is 9.59 Å². The highest BCUT2D eigenvalue weighted by molar-refractivity contribution is 5.91. The third kappa shape index (κ3) is 5.95. The number of hydrogen-bond donors (Lipinski definition) is 1. The molecule has 1 N–H and O–H groups in total. The minimum absolute atomic E-state index is 0. The Morgan fingerprint density at radius 1 is 0.737 bits per heavy atom. The van der Waals surface area contributed by atoms with Gasteiger partial charge in [-0.2, -0.15) is 0 Å². The third-order valence-electron chi connectivity index (χ3n) is 8.08. The summed E-state index contributed by atoms with van der Waals surface area (Å²) in [5.74, 6) is -1.22. The SMILES string of the molecule is Cc1ccc(C(C(=O)N2CCCN3CCC(CC3)c3ccc(cc3)C2C(=O)O)c2ccc(C)cc2)cc1.Cl. The van der Waals surface area contributed by atoms with Gasteiger partial charge in [0, 0.05) is 6.54 Å². The first-order valence-electron chi connectivity index (χ1n) is 13.4. The summed E-state index contributed by atoms with van der Waals surface area (Å²) in [6.07, 6.45) is 2.98. The van der Waals surface area contributed by atoms with Crippen LogP contribution >= 0.6 is 12.4 Å². The van der Waals surface area contributed by atoms with Crippen molar-refractivity contribution in [3.63, 3.8) is 0 Å². The number of fused-ring (bicyclic) bond motifs is 2. The number of aliphatic carboxylic acids is 1. The molecular weight excluding hydrogens is 496 g/mol. The number of piperidine rings is 1. The number of hydrogen-bond acceptors (Lipinski definition) is 3. The number of benzene rings is 3. The zero-order valence-corrected chi connectivity index (χ0v) is 23.0. The molecule has 4 bridgehead atoms. The first-order chi connectivity index (χ1) is 17.9. The molecule has 1 unspecified atom stereocenters. The number of halogens is 1. The van der Waals surface area contributed by atoms with Gasteiger partial charge < -0.3 is 14.9 Å². The second kappa shape index (κ2) is 12.1. The Morgan fingerprint density at radius 2 is 1.24 bits per heavy atom. The van der Waals surface area contributed by atoms with E-state index in [1.807, 2.05) is 74.5 Å². The Hall–Kier alpha value is -3.15. The molecule has 0 aliphatic carbocycles. The van der Waals surface area contributed by atoms with Crippen molar-refractivity contribution in [3.8, 4) is 0 Å². The molecular formula is C32H37ClN2O3. The van der Waals surface area contributed by atoms with Crippen LogP contribution in [-0.4, -0.2) is 53.0 Å². The van der Waals surface area contributed by atoms with Gasteiger partial charge in [-0.15, -0.1) is 12.4 Å². The van der Waals surface area contributed by atoms with E-state index in [2.05, 4.69) is 17.0 Å². The number of rotatable bonds is 4. The Balaban J connectivity index is 0.00000336. The number of carbonyl (C=O) groups is 2. The standard InChI is InChI=1S/C32H36N2O3.ClH/c1-22-4-8-26(9-5-22)29(27-10-6-23(2)7-11-27)31(35)34-19-3-18-33-20-16-25(17-21-33)24-12-14-28(15-13-24)30(34)32(36)37;/h4-15,25,29-30H,3,16-21H2,1-2H3,(H,36,37);1H. The van der Waals surface area contributed by atoms with Gasteiger partial charge in [0.1, 0.15) is 0 Å². The smallest absolute Gasteiger partial charge is 0.331 e. The van der Waals surface area contributed by atoms with Crippen LogP contribution in [0.25, 0.3) is 0 Å². The fourth-order valence-corrected chi connectivity index (χ4v) is 5.89. The molecule has 0 aromatic heterocycles. The molecule has 6 heteroatoms. The van der Waals surface area contributed by atoms with Crippen molar-refractivity contribution in [1.82, 2.24) is 9.80 Å². The van der Waals surface area contributed by atoms with Gasteiger partial charge in [0.25, 0.3) is 0 Å². The van der Waals surface area contributed by atoms with Crippen LogP contribution in [0.1, 0.15) is 70.5 Å². The monoisotopic (exact) mass is 532 g/mol. The summed E-state index contributed by atoms with van der Waals surface area (Å²) in [7, 11) is 0. The number of carboxylic acids is 1. The Bertz CT molecular complexity index is 1190. The third-order valence-corrected chi connectivity index (χ3v) is 8.08. The Kier molecular flexibility index (Phi) is 8.91. The van der Waals surface area contributed by atoms with Crippen LogP contribution in [0.4, 0.5) is 0 Å². The Labute approximate surface area is 231 Å². The molecule has 38 heavy (non-hydrogen) atoms. The molecule has 3 aromatic carbocycles. The fourth-order valence-electron chi connectivity index (χ4n) is 5.89. The summed E-state index contributed by atoms with van der Waals surface area (Å²) in [4.78, 5) is 31.3. The number of nitrogens with zero attached hydrogens (tertiary/aromatic N) is 2. The maximum atomic E-state index is 14.5. The minimum atomic E-state index is -1.03. The fraction of sp³-hybridized carbons (Fsp3) is 0.375. The van der Waals surface area contributed by atoms with Gasteiger partial charge in [-0.3, -0.25) is 4.79 Å². The molecule has 0 saturated carbocycles. The van der Waals surface area contributed by atoms with Crippen LogP contribution in [0.5, 0.6) is 0 Å². The highest BCUT2D eigenvalue weighted by Crippen LogP contribution is 2.34. The van der Waals surface area contributed by atoms with E-state index in [9.17, 15) is 14.7 Å². The number of amides is 1. The number of carbonyl (C=O) groups excluding carboxylic acids is 1. The zero-order chi connectivity index (χ0) is 25.9. The van der Waals surface area contributed by atoms with Gasteiger partial charge >= 0.3 is 5.97 Å². The van der Waals surface area contributed by atoms with Crippen molar-refractivity contribution in [2.24, 2.45) is 0 Å². The van der Waals surface area contributed by atoms with Crippen LogP contribution in [0.15, 0.2) is 72.8 Å². The van der Waals surface area contributed by atoms with Crippen LogP contribution in [0, 0.1) is 13.8 Å². The van der Waals surface area contributed by atoms with E-state index in [4.69, 9.17) is 0 Å². The molecule has 4 aliphatic heterocycles. The minimum Gasteiger partial charge on any atom is -0.479 e. The summed E-state index contributed by atoms with van der Waals surface area (Å²) in [5.41, 5.74) is 5.92. The average Bonchev–Trinajstić information content (AvgIpc) is 2.94. The normalized spacial score (nSPS) is 21.2. The van der Waals surface area contributed by atoms with Gasteiger partial charge in [0.05, 0.1) is 5.92 Å². The van der Waals surface area contributed by atoms with Crippen molar-refractivity contribution in [2.45, 2.75) is 51.0 Å². The molecule has 5 nitrogen and oxygen atoms in total. The summed E-state index contributed by atoms with van der Waals surface area (Å²) < 4.78 is 0. The van der Waals surface area contributed by atoms with E-state index in [0.717, 1.165) is 61.2 Å². The molecule has 1 fully saturated rings. The van der Waals surface area contributed by atoms with E-state index in [0.29, 0.717) is 18.0 Å². The molecule has 0 radical (unpaired) electrons. The van der Waals surface area contributed by atoms with E-state index < -0.39 is 17.9 Å². The molecule has 4 aliphatic rings. The lowest BCUT2D eigenvalue weighted by Crippen LogP contribution is -2.43. The second-order valence-electron chi connectivity index (χ2n) is 10.7. The number of aryl methyl sites for hydroxylation is 2. The van der Waals surface area contributed by atoms with Crippen LogP contribution < -0.4 is 0 Å². The second-order valence-corrected chi connectivity index (χ2v) is 10.7. The molecule has 1 saturated heterocycles. The largest absolute Gasteiger partial charge is 0.479 e. The van der Waals surface area contributed by atoms with Crippen LogP contribution in [0.3, 0.4) is 0 Å². The van der Waals surface area contributed by atoms with Gasteiger partial charge in [-0.25, -0.2) is 4.79 Å². The van der Waals surface area contributed by atoms with Crippen molar-refractivity contribution in [2.75, 3.05) is 26.2 Å². The molecule has 3 aromatic rings. The van der Waals surface area contributed by atoms with Crippen molar-refractivity contribution < 1.29 is 14.7 Å². The van der Waals surface area contributed by atoms with E-state index in [1.165, 1.54) is 5.56 Å². The maximum absolute atomic E-state index is 14.5. The predicted octanol–water partition coefficient (Wildman–Crippen LogP) is 6.09. The maximum Gasteiger partial charge on any atom is 0.331 e. The first kappa shape index (κ1) is 27.9. The lowest BCUT2D eigenvalue weighted by atomic mass is 9.87. The lowest BCUT2D eigenvalue weighted by Gasteiger charge is -2.34. The topological polar surface area (TPSA) is 60.9 Å². The van der Waals surface area contributed by atoms with Crippen molar-refractivity contribution in [3.05, 3.63) is 106 Å². The van der Waals surface area contributed by atoms with E-state index in [-0.39, 0.29) is 18.3 Å². The van der Waals surface area contributed by atoms with Crippen molar-refractivity contribution in [1.29, 1.82) is 0 Å². The average molecular weight is 533 g/mol. The molecule has 1 amide bonds. The molecule has 1 atom stereocenters. The van der Waals surface area contributed by atoms with Gasteiger partial charge in [-0.05, 0) is 80.9 Å². The van der Waals surface area contributed by atoms with Crippen molar-refractivity contribution >= 4 is 24.3 Å². The van der Waals surface area contributed by atoms with E-state index in [1.54, 1.807) is 4.90 Å². The highest BCUT2D eigenvalue weighted by Gasteiger charge is 2.36. The van der Waals surface area contributed by atoms with Gasteiger partial charge in [0.2, 0.25) is 5.91 Å². The van der Waals surface area contributed by atoms with Crippen LogP contribution in [0.2, 0.25) is 0 Å². The molecule has 7 rings (SSSR count). The molecule has 4 heterocycles. The lowest BCUT2D eigenvalue weighted by molar-refractivity contribution is -0.151. The predicted molar refractivity (Wildman–Crippen MR) is 153 cm³/mol. The summed E-state index contributed by atoms with van der Waals surface area (Å²) in [6, 6.07) is 23.0. The summed E-state index contributed by atoms with van der Waals surface area (Å²) in [6.45, 7) is 7.40. The number of carboxylic acid groups (broad SMARTS) is 1. The summed E-state index contributed by atoms with van der Waals surface area (Å²) in [5, 5.41) is 10.4. The zero-order valence-electron chi connectivity index (χ0n) is 22.2. The van der Waals surface area contributed by atoms with E-state index >= 15 is 0 Å². The molecule has 0 spiro atoms.